The van der Waals surface area contributed by atoms with Crippen molar-refractivity contribution >= 4 is 50.0 Å². The lowest BCUT2D eigenvalue weighted by Crippen LogP contribution is -2.30. The molecule has 0 atom stereocenters. The summed E-state index contributed by atoms with van der Waals surface area (Å²) >= 11 is 7.65. The van der Waals surface area contributed by atoms with Crippen LogP contribution in [0.15, 0.2) is 40.6 Å². The summed E-state index contributed by atoms with van der Waals surface area (Å²) in [5.74, 6) is -0.163. The van der Waals surface area contributed by atoms with Gasteiger partial charge in [-0.1, -0.05) is 11.6 Å². The number of aliphatic hydroxyl groups excluding tert-OH is 1. The Labute approximate surface area is 248 Å². The first-order valence-electron chi connectivity index (χ1n) is 13.2. The van der Waals surface area contributed by atoms with Gasteiger partial charge in [0, 0.05) is 33.1 Å². The average molecular weight is 602 g/mol. The second-order valence-electron chi connectivity index (χ2n) is 10.3. The zero-order valence-electron chi connectivity index (χ0n) is 22.6. The quantitative estimate of drug-likeness (QED) is 0.255. The zero-order valence-corrected chi connectivity index (χ0v) is 24.2. The molecule has 0 radical (unpaired) electrons. The van der Waals surface area contributed by atoms with Gasteiger partial charge in [0.25, 0.3) is 5.56 Å². The van der Waals surface area contributed by atoms with Crippen LogP contribution in [0, 0.1) is 25.2 Å². The second kappa shape index (κ2) is 10.8. The molecule has 1 aromatic carbocycles. The van der Waals surface area contributed by atoms with Crippen molar-refractivity contribution in [1.82, 2.24) is 19.5 Å². The number of thiophene rings is 1. The van der Waals surface area contributed by atoms with Crippen molar-refractivity contribution in [3.63, 3.8) is 0 Å². The van der Waals surface area contributed by atoms with Gasteiger partial charge in [0.05, 0.1) is 56.8 Å². The van der Waals surface area contributed by atoms with Crippen molar-refractivity contribution in [3.8, 4) is 22.9 Å². The number of hydrogen-bond acceptors (Lipinski definition) is 9. The fourth-order valence-corrected chi connectivity index (χ4v) is 6.59. The van der Waals surface area contributed by atoms with Crippen LogP contribution in [0.3, 0.4) is 0 Å². The molecule has 10 nitrogen and oxygen atoms in total. The molecule has 0 bridgehead atoms. The maximum atomic E-state index is 13.7. The summed E-state index contributed by atoms with van der Waals surface area (Å²) < 4.78 is 8.36. The molecule has 0 spiro atoms. The van der Waals surface area contributed by atoms with E-state index in [1.807, 2.05) is 6.07 Å². The third-order valence-corrected chi connectivity index (χ3v) is 8.75. The molecule has 212 valence electrons. The van der Waals surface area contributed by atoms with Gasteiger partial charge >= 0.3 is 5.97 Å². The number of fused-ring (bicyclic) bond motifs is 2. The molecule has 1 fully saturated rings. The second-order valence-corrected chi connectivity index (χ2v) is 11.6. The SMILES string of the molecule is Cc1cc(-c2cc(Cl)ccc2OCCn2c(C)nc3cnc(C4CC(O)C4)c(C#N)c3c2=O)c2scc(C(=O)O)c2n1. The van der Waals surface area contributed by atoms with E-state index in [2.05, 4.69) is 21.0 Å². The van der Waals surface area contributed by atoms with Crippen molar-refractivity contribution in [2.75, 3.05) is 6.61 Å². The molecule has 0 saturated heterocycles. The molecule has 0 unspecified atom stereocenters. The third-order valence-electron chi connectivity index (χ3n) is 7.52. The lowest BCUT2D eigenvalue weighted by molar-refractivity contribution is 0.0698. The van der Waals surface area contributed by atoms with Gasteiger partial charge in [0.1, 0.15) is 24.3 Å². The topological polar surface area (TPSA) is 151 Å². The third kappa shape index (κ3) is 4.77. The summed E-state index contributed by atoms with van der Waals surface area (Å²) in [5.41, 5.74) is 3.30. The van der Waals surface area contributed by atoms with Crippen LogP contribution in [-0.4, -0.2) is 48.4 Å². The highest BCUT2D eigenvalue weighted by atomic mass is 35.5. The predicted molar refractivity (Wildman–Crippen MR) is 158 cm³/mol. The van der Waals surface area contributed by atoms with E-state index >= 15 is 0 Å². The van der Waals surface area contributed by atoms with Gasteiger partial charge in [-0.05, 0) is 51.0 Å². The van der Waals surface area contributed by atoms with Gasteiger partial charge in [0.2, 0.25) is 0 Å². The minimum absolute atomic E-state index is 0.0712. The fourth-order valence-electron chi connectivity index (χ4n) is 5.41. The Morgan fingerprint density at radius 3 is 2.74 bits per heavy atom. The summed E-state index contributed by atoms with van der Waals surface area (Å²) in [6.45, 7) is 3.77. The van der Waals surface area contributed by atoms with Gasteiger partial charge in [-0.2, -0.15) is 5.26 Å². The van der Waals surface area contributed by atoms with E-state index in [0.717, 1.165) is 5.56 Å². The molecule has 6 rings (SSSR count). The number of carbonyl (C=O) groups is 1. The number of ether oxygens (including phenoxy) is 1. The molecule has 2 N–H and O–H groups in total. The largest absolute Gasteiger partial charge is 0.491 e. The van der Waals surface area contributed by atoms with Crippen LogP contribution >= 0.6 is 22.9 Å². The number of aromatic carboxylic acids is 1. The van der Waals surface area contributed by atoms with E-state index in [1.165, 1.54) is 22.1 Å². The molecule has 4 aromatic heterocycles. The van der Waals surface area contributed by atoms with Crippen LogP contribution in [0.1, 0.15) is 51.9 Å². The number of benzene rings is 1. The van der Waals surface area contributed by atoms with E-state index in [-0.39, 0.29) is 41.1 Å². The van der Waals surface area contributed by atoms with Crippen LogP contribution in [0.25, 0.3) is 32.2 Å². The maximum absolute atomic E-state index is 13.7. The van der Waals surface area contributed by atoms with E-state index in [9.17, 15) is 25.1 Å². The molecule has 1 saturated carbocycles. The van der Waals surface area contributed by atoms with E-state index in [1.54, 1.807) is 37.4 Å². The Morgan fingerprint density at radius 1 is 1.24 bits per heavy atom. The van der Waals surface area contributed by atoms with Crippen molar-refractivity contribution in [2.45, 2.75) is 45.3 Å². The molecule has 1 aliphatic carbocycles. The highest BCUT2D eigenvalue weighted by molar-refractivity contribution is 7.18. The number of carboxylic acids is 1. The molecule has 5 aromatic rings. The fraction of sp³-hybridized carbons (Fsp3) is 0.267. The van der Waals surface area contributed by atoms with Gasteiger partial charge in [-0.25, -0.2) is 9.78 Å². The summed E-state index contributed by atoms with van der Waals surface area (Å²) in [6, 6.07) is 9.20. The zero-order chi connectivity index (χ0) is 29.7. The predicted octanol–water partition coefficient (Wildman–Crippen LogP) is 5.23. The summed E-state index contributed by atoms with van der Waals surface area (Å²) in [6.07, 6.45) is 2.10. The Kier molecular flexibility index (Phi) is 7.14. The number of nitrogens with zero attached hydrogens (tertiary/aromatic N) is 5. The Hall–Kier alpha value is -4.37. The molecular formula is C30H24ClN5O5S. The number of aliphatic hydroxyl groups is 1. The molecular weight excluding hydrogens is 578 g/mol. The molecule has 4 heterocycles. The van der Waals surface area contributed by atoms with Crippen molar-refractivity contribution in [2.24, 2.45) is 0 Å². The first-order chi connectivity index (χ1) is 20.2. The summed E-state index contributed by atoms with van der Waals surface area (Å²) in [4.78, 5) is 38.8. The maximum Gasteiger partial charge on any atom is 0.338 e. The van der Waals surface area contributed by atoms with Crippen molar-refractivity contribution in [1.29, 1.82) is 5.26 Å². The van der Waals surface area contributed by atoms with Crippen LogP contribution in [0.2, 0.25) is 5.02 Å². The number of aryl methyl sites for hydroxylation is 2. The van der Waals surface area contributed by atoms with E-state index in [0.29, 0.717) is 62.1 Å². The number of nitriles is 1. The van der Waals surface area contributed by atoms with Gasteiger partial charge in [0.15, 0.2) is 0 Å². The molecule has 12 heteroatoms. The summed E-state index contributed by atoms with van der Waals surface area (Å²) in [7, 11) is 0. The van der Waals surface area contributed by atoms with Gasteiger partial charge in [-0.3, -0.25) is 19.3 Å². The highest BCUT2D eigenvalue weighted by Gasteiger charge is 2.33. The van der Waals surface area contributed by atoms with Gasteiger partial charge < -0.3 is 14.9 Å². The van der Waals surface area contributed by atoms with Crippen molar-refractivity contribution < 1.29 is 19.7 Å². The average Bonchev–Trinajstić information content (AvgIpc) is 3.37. The van der Waals surface area contributed by atoms with Crippen LogP contribution in [0.5, 0.6) is 5.75 Å². The number of halogens is 1. The highest BCUT2D eigenvalue weighted by Crippen LogP contribution is 2.41. The number of rotatable bonds is 7. The van der Waals surface area contributed by atoms with E-state index < -0.39 is 12.1 Å². The number of aromatic nitrogens is 4. The molecule has 0 amide bonds. The van der Waals surface area contributed by atoms with Crippen LogP contribution < -0.4 is 10.3 Å². The smallest absolute Gasteiger partial charge is 0.338 e. The lowest BCUT2D eigenvalue weighted by atomic mass is 9.78. The van der Waals surface area contributed by atoms with Gasteiger partial charge in [-0.15, -0.1) is 11.3 Å². The first kappa shape index (κ1) is 27.8. The first-order valence-corrected chi connectivity index (χ1v) is 14.4. The minimum Gasteiger partial charge on any atom is -0.491 e. The normalized spacial score (nSPS) is 16.4. The summed E-state index contributed by atoms with van der Waals surface area (Å²) in [5, 5.41) is 31.6. The van der Waals surface area contributed by atoms with Crippen molar-refractivity contribution in [3.05, 3.63) is 79.6 Å². The molecule has 0 aliphatic heterocycles. The Morgan fingerprint density at radius 2 is 2.02 bits per heavy atom. The number of pyridine rings is 2. The Bertz CT molecular complexity index is 2010. The Balaban J connectivity index is 1.34. The van der Waals surface area contributed by atoms with Crippen LogP contribution in [-0.2, 0) is 6.54 Å². The van der Waals surface area contributed by atoms with Crippen LogP contribution in [0.4, 0.5) is 0 Å². The monoisotopic (exact) mass is 601 g/mol. The number of hydrogen-bond donors (Lipinski definition) is 2. The lowest BCUT2D eigenvalue weighted by Gasteiger charge is -2.31. The minimum atomic E-state index is -1.05. The standard InChI is InChI=1S/C30H24ClN5O5S/c1-14-7-20(28-27(34-14)22(13-42-28)30(39)40)19-10-17(31)3-4-24(19)41-6-5-36-15(2)35-23-12-33-26(16-8-18(37)9-16)21(11-32)25(23)29(36)38/h3-4,7,10,12-13,16,18,37H,5-6,8-9H2,1-2H3,(H,39,40). The van der Waals surface area contributed by atoms with E-state index in [4.69, 9.17) is 16.3 Å². The number of carboxylic acid groups (broad SMARTS) is 1. The molecule has 42 heavy (non-hydrogen) atoms. The molecule has 1 aliphatic rings.